The molecule has 0 saturated heterocycles. The number of methoxy groups -OCH3 is 1. The van der Waals surface area contributed by atoms with E-state index < -0.39 is 5.97 Å². The number of carbonyl (C=O) groups is 1. The first-order chi connectivity index (χ1) is 12.1. The summed E-state index contributed by atoms with van der Waals surface area (Å²) in [6.07, 6.45) is 0. The fourth-order valence-corrected chi connectivity index (χ4v) is 2.94. The zero-order valence-corrected chi connectivity index (χ0v) is 14.0. The van der Waals surface area contributed by atoms with E-state index in [9.17, 15) is 4.79 Å². The minimum absolute atomic E-state index is 0.200. The zero-order chi connectivity index (χ0) is 17.6. The third kappa shape index (κ3) is 2.38. The summed E-state index contributed by atoms with van der Waals surface area (Å²) in [4.78, 5) is 21.5. The second-order valence-corrected chi connectivity index (χ2v) is 5.88. The van der Waals surface area contributed by atoms with Gasteiger partial charge in [-0.2, -0.15) is 0 Å². The second-order valence-electron chi connectivity index (χ2n) is 5.45. The number of rotatable bonds is 2. The monoisotopic (exact) mass is 352 g/mol. The summed E-state index contributed by atoms with van der Waals surface area (Å²) in [7, 11) is 1.31. The molecule has 2 aromatic carbocycles. The molecule has 0 aliphatic carbocycles. The molecule has 2 aromatic heterocycles. The fraction of sp³-hybridized carbons (Fsp3) is 0.0556. The summed E-state index contributed by atoms with van der Waals surface area (Å²) >= 11 is 5.97. The van der Waals surface area contributed by atoms with Crippen LogP contribution in [0.3, 0.4) is 0 Å². The van der Waals surface area contributed by atoms with Crippen molar-refractivity contribution >= 4 is 45.6 Å². The average molecular weight is 353 g/mol. The Bertz CT molecular complexity index is 1120. The number of benzene rings is 2. The largest absolute Gasteiger partial charge is 0.465 e. The average Bonchev–Trinajstić information content (AvgIpc) is 2.91. The van der Waals surface area contributed by atoms with Crippen molar-refractivity contribution in [1.82, 2.24) is 14.5 Å². The van der Waals surface area contributed by atoms with Crippen LogP contribution in [0.2, 0.25) is 5.02 Å². The van der Waals surface area contributed by atoms with Crippen LogP contribution in [-0.4, -0.2) is 27.6 Å². The highest BCUT2D eigenvalue weighted by atomic mass is 35.5. The number of nitrogens with two attached hydrogens (primary N) is 1. The van der Waals surface area contributed by atoms with E-state index in [1.54, 1.807) is 28.8 Å². The number of esters is 1. The van der Waals surface area contributed by atoms with Crippen molar-refractivity contribution in [3.63, 3.8) is 0 Å². The van der Waals surface area contributed by atoms with Crippen LogP contribution in [0.15, 0.2) is 48.5 Å². The van der Waals surface area contributed by atoms with E-state index in [4.69, 9.17) is 22.1 Å². The van der Waals surface area contributed by atoms with Crippen molar-refractivity contribution in [3.05, 3.63) is 59.1 Å². The number of hydrogen-bond donors (Lipinski definition) is 1. The molecule has 124 valence electrons. The van der Waals surface area contributed by atoms with Gasteiger partial charge in [-0.05, 0) is 36.4 Å². The summed E-state index contributed by atoms with van der Waals surface area (Å²) in [5.74, 6) is -0.334. The Labute approximate surface area is 147 Å². The van der Waals surface area contributed by atoms with E-state index in [0.29, 0.717) is 27.2 Å². The summed E-state index contributed by atoms with van der Waals surface area (Å²) in [5.41, 5.74) is 9.47. The van der Waals surface area contributed by atoms with Crippen LogP contribution in [0.4, 0.5) is 5.82 Å². The van der Waals surface area contributed by atoms with Crippen molar-refractivity contribution in [1.29, 1.82) is 0 Å². The predicted octanol–water partition coefficient (Wildman–Crippen LogP) is 3.60. The molecule has 7 heteroatoms. The van der Waals surface area contributed by atoms with Gasteiger partial charge in [-0.25, -0.2) is 14.8 Å². The number of carbonyl (C=O) groups excluding carboxylic acids is 1. The zero-order valence-electron chi connectivity index (χ0n) is 13.2. The first kappa shape index (κ1) is 15.4. The molecule has 4 rings (SSSR count). The van der Waals surface area contributed by atoms with Crippen LogP contribution in [-0.2, 0) is 4.74 Å². The molecule has 0 saturated carbocycles. The summed E-state index contributed by atoms with van der Waals surface area (Å²) in [6, 6.07) is 14.5. The molecule has 0 fully saturated rings. The Kier molecular flexibility index (Phi) is 3.54. The standard InChI is InChI=1S/C18H13ClN4O2/c1-25-18(24)14-15-17(22-13-5-3-2-4-12(13)21-15)23(16(14)20)11-8-6-10(19)7-9-11/h2-9H,20H2,1H3. The molecular formula is C18H13ClN4O2. The Morgan fingerprint density at radius 1 is 1.08 bits per heavy atom. The van der Waals surface area contributed by atoms with Crippen LogP contribution in [0.1, 0.15) is 10.4 Å². The Morgan fingerprint density at radius 2 is 1.72 bits per heavy atom. The van der Waals surface area contributed by atoms with E-state index in [0.717, 1.165) is 5.69 Å². The van der Waals surface area contributed by atoms with Crippen LogP contribution in [0.5, 0.6) is 0 Å². The van der Waals surface area contributed by atoms with E-state index in [2.05, 4.69) is 9.97 Å². The van der Waals surface area contributed by atoms with Crippen molar-refractivity contribution in [2.24, 2.45) is 0 Å². The maximum absolute atomic E-state index is 12.3. The van der Waals surface area contributed by atoms with Gasteiger partial charge in [-0.1, -0.05) is 23.7 Å². The fourth-order valence-electron chi connectivity index (χ4n) is 2.82. The minimum Gasteiger partial charge on any atom is -0.465 e. The van der Waals surface area contributed by atoms with Crippen molar-refractivity contribution in [3.8, 4) is 5.69 Å². The molecule has 2 N–H and O–H groups in total. The number of halogens is 1. The Hall–Kier alpha value is -3.12. The number of nitrogens with zero attached hydrogens (tertiary/aromatic N) is 3. The van der Waals surface area contributed by atoms with Crippen LogP contribution >= 0.6 is 11.6 Å². The van der Waals surface area contributed by atoms with Gasteiger partial charge in [0.15, 0.2) is 5.65 Å². The normalized spacial score (nSPS) is 11.1. The number of anilines is 1. The van der Waals surface area contributed by atoms with Crippen LogP contribution in [0, 0.1) is 0 Å². The lowest BCUT2D eigenvalue weighted by molar-refractivity contribution is 0.0604. The molecule has 0 amide bonds. The smallest absolute Gasteiger partial charge is 0.343 e. The number of para-hydroxylation sites is 2. The third-order valence-corrected chi connectivity index (χ3v) is 4.22. The molecule has 0 unspecified atom stereocenters. The van der Waals surface area contributed by atoms with Gasteiger partial charge in [0.05, 0.1) is 18.1 Å². The predicted molar refractivity (Wildman–Crippen MR) is 97.1 cm³/mol. The van der Waals surface area contributed by atoms with Gasteiger partial charge < -0.3 is 10.5 Å². The highest BCUT2D eigenvalue weighted by molar-refractivity contribution is 6.30. The molecule has 0 aliphatic heterocycles. The number of aromatic nitrogens is 3. The van der Waals surface area contributed by atoms with E-state index in [1.807, 2.05) is 24.3 Å². The number of fused-ring (bicyclic) bond motifs is 2. The van der Waals surface area contributed by atoms with E-state index in [-0.39, 0.29) is 11.4 Å². The van der Waals surface area contributed by atoms with Crippen LogP contribution < -0.4 is 5.73 Å². The molecule has 25 heavy (non-hydrogen) atoms. The maximum atomic E-state index is 12.3. The summed E-state index contributed by atoms with van der Waals surface area (Å²) in [5, 5.41) is 0.600. The molecule has 0 atom stereocenters. The molecule has 6 nitrogen and oxygen atoms in total. The number of nitrogen functional groups attached to an aromatic ring is 1. The van der Waals surface area contributed by atoms with Crippen molar-refractivity contribution in [2.75, 3.05) is 12.8 Å². The summed E-state index contributed by atoms with van der Waals surface area (Å²) in [6.45, 7) is 0. The molecule has 0 aliphatic rings. The molecule has 0 spiro atoms. The number of hydrogen-bond acceptors (Lipinski definition) is 5. The number of ether oxygens (including phenoxy) is 1. The molecule has 0 bridgehead atoms. The molecular weight excluding hydrogens is 340 g/mol. The van der Waals surface area contributed by atoms with Crippen LogP contribution in [0.25, 0.3) is 27.9 Å². The van der Waals surface area contributed by atoms with Gasteiger partial charge in [0, 0.05) is 10.7 Å². The third-order valence-electron chi connectivity index (χ3n) is 3.97. The quantitative estimate of drug-likeness (QED) is 0.557. The molecule has 0 radical (unpaired) electrons. The maximum Gasteiger partial charge on any atom is 0.343 e. The highest BCUT2D eigenvalue weighted by Gasteiger charge is 2.25. The first-order valence-corrected chi connectivity index (χ1v) is 7.89. The summed E-state index contributed by atoms with van der Waals surface area (Å²) < 4.78 is 6.56. The van der Waals surface area contributed by atoms with E-state index >= 15 is 0 Å². The second kappa shape index (κ2) is 5.75. The Morgan fingerprint density at radius 3 is 2.36 bits per heavy atom. The first-order valence-electron chi connectivity index (χ1n) is 7.51. The topological polar surface area (TPSA) is 83.0 Å². The van der Waals surface area contributed by atoms with Gasteiger partial charge in [-0.15, -0.1) is 0 Å². The van der Waals surface area contributed by atoms with E-state index in [1.165, 1.54) is 7.11 Å². The lowest BCUT2D eigenvalue weighted by Gasteiger charge is -2.07. The van der Waals surface area contributed by atoms with Crippen molar-refractivity contribution < 1.29 is 9.53 Å². The minimum atomic E-state index is -0.556. The lowest BCUT2D eigenvalue weighted by Crippen LogP contribution is -2.07. The van der Waals surface area contributed by atoms with Gasteiger partial charge in [0.1, 0.15) is 16.9 Å². The van der Waals surface area contributed by atoms with Gasteiger partial charge in [0.25, 0.3) is 0 Å². The molecule has 4 aromatic rings. The van der Waals surface area contributed by atoms with Gasteiger partial charge in [0.2, 0.25) is 0 Å². The highest BCUT2D eigenvalue weighted by Crippen LogP contribution is 2.31. The van der Waals surface area contributed by atoms with Gasteiger partial charge >= 0.3 is 5.97 Å². The van der Waals surface area contributed by atoms with Crippen molar-refractivity contribution in [2.45, 2.75) is 0 Å². The van der Waals surface area contributed by atoms with Gasteiger partial charge in [-0.3, -0.25) is 4.57 Å². The molecule has 2 heterocycles. The Balaban J connectivity index is 2.13. The lowest BCUT2D eigenvalue weighted by atomic mass is 10.2. The SMILES string of the molecule is COC(=O)c1c(N)n(-c2ccc(Cl)cc2)c2nc3ccccc3nc12.